The molecule has 0 saturated heterocycles. The van der Waals surface area contributed by atoms with Crippen LogP contribution in [0.3, 0.4) is 0 Å². The summed E-state index contributed by atoms with van der Waals surface area (Å²) in [5, 5.41) is 6.40. The molecule has 3 aromatic rings. The summed E-state index contributed by atoms with van der Waals surface area (Å²) in [6, 6.07) is 9.21. The Morgan fingerprint density at radius 3 is 3.00 bits per heavy atom. The van der Waals surface area contributed by atoms with Crippen LogP contribution in [-0.2, 0) is 16.1 Å². The molecule has 2 aromatic heterocycles. The number of esters is 1. The van der Waals surface area contributed by atoms with Crippen LogP contribution in [0.4, 0.5) is 0 Å². The van der Waals surface area contributed by atoms with Crippen LogP contribution in [0.15, 0.2) is 40.2 Å². The Hall–Kier alpha value is -2.38. The summed E-state index contributed by atoms with van der Waals surface area (Å²) < 4.78 is 15.9. The number of nitrogens with zero attached hydrogens (tertiary/aromatic N) is 2. The van der Waals surface area contributed by atoms with E-state index in [0.717, 1.165) is 16.2 Å². The number of hydrogen-bond acceptors (Lipinski definition) is 7. The molecule has 136 valence electrons. The van der Waals surface area contributed by atoms with Gasteiger partial charge < -0.3 is 14.0 Å². The number of aromatic nitrogens is 2. The minimum absolute atomic E-state index is 0.00907. The lowest BCUT2D eigenvalue weighted by molar-refractivity contribution is -0.145. The van der Waals surface area contributed by atoms with Crippen LogP contribution in [-0.4, -0.2) is 22.7 Å². The van der Waals surface area contributed by atoms with Crippen LogP contribution < -0.4 is 4.74 Å². The minimum atomic E-state index is -0.330. The summed E-state index contributed by atoms with van der Waals surface area (Å²) in [6.07, 6.45) is 0.801. The molecule has 0 aliphatic rings. The van der Waals surface area contributed by atoms with Gasteiger partial charge >= 0.3 is 5.97 Å². The van der Waals surface area contributed by atoms with E-state index in [-0.39, 0.29) is 19.0 Å². The van der Waals surface area contributed by atoms with E-state index >= 15 is 0 Å². The molecule has 0 amide bonds. The summed E-state index contributed by atoms with van der Waals surface area (Å²) in [5.41, 5.74) is 0.957. The van der Waals surface area contributed by atoms with E-state index in [1.54, 1.807) is 6.07 Å². The van der Waals surface area contributed by atoms with Crippen LogP contribution in [0.5, 0.6) is 5.75 Å². The lowest BCUT2D eigenvalue weighted by atomic mass is 10.2. The number of aryl methyl sites for hydroxylation is 1. The molecule has 1 aromatic carbocycles. The molecule has 0 aliphatic heterocycles. The lowest BCUT2D eigenvalue weighted by Crippen LogP contribution is -2.08. The number of ether oxygens (including phenoxy) is 2. The molecule has 0 fully saturated rings. The SMILES string of the molecule is Cc1cc(Cl)ccc1OCCCC(=O)OCc1noc(-c2cccs2)n1. The van der Waals surface area contributed by atoms with Gasteiger partial charge in [0.05, 0.1) is 11.5 Å². The highest BCUT2D eigenvalue weighted by molar-refractivity contribution is 7.13. The summed E-state index contributed by atoms with van der Waals surface area (Å²) in [7, 11) is 0. The van der Waals surface area contributed by atoms with Crippen LogP contribution in [0.1, 0.15) is 24.2 Å². The Kier molecular flexibility index (Phi) is 6.25. The number of rotatable bonds is 8. The second-order valence-electron chi connectivity index (χ2n) is 5.52. The standard InChI is InChI=1S/C18H17ClN2O4S/c1-12-10-13(19)6-7-14(12)23-8-2-5-17(22)24-11-16-20-18(25-21-16)15-4-3-9-26-15/h3-4,6-7,9-10H,2,5,8,11H2,1H3. The van der Waals surface area contributed by atoms with Crippen molar-refractivity contribution in [3.63, 3.8) is 0 Å². The van der Waals surface area contributed by atoms with Crippen molar-refractivity contribution in [2.45, 2.75) is 26.4 Å². The molecule has 0 bridgehead atoms. The zero-order valence-electron chi connectivity index (χ0n) is 14.1. The molecule has 0 radical (unpaired) electrons. The van der Waals surface area contributed by atoms with E-state index in [9.17, 15) is 4.79 Å². The van der Waals surface area contributed by atoms with Crippen LogP contribution in [0.2, 0.25) is 5.02 Å². The molecule has 2 heterocycles. The Morgan fingerprint density at radius 1 is 1.35 bits per heavy atom. The monoisotopic (exact) mass is 392 g/mol. The van der Waals surface area contributed by atoms with Gasteiger partial charge in [-0.15, -0.1) is 11.3 Å². The van der Waals surface area contributed by atoms with Gasteiger partial charge in [0.15, 0.2) is 6.61 Å². The van der Waals surface area contributed by atoms with Gasteiger partial charge in [-0.25, -0.2) is 0 Å². The first kappa shape index (κ1) is 18.4. The van der Waals surface area contributed by atoms with Crippen molar-refractivity contribution in [3.05, 3.63) is 52.1 Å². The fraction of sp³-hybridized carbons (Fsp3) is 0.278. The Labute approximate surface area is 159 Å². The molecule has 0 atom stereocenters. The number of thiophene rings is 1. The van der Waals surface area contributed by atoms with Gasteiger partial charge in [-0.05, 0) is 48.6 Å². The topological polar surface area (TPSA) is 74.5 Å². The molecule has 0 saturated carbocycles. The molecule has 8 heteroatoms. The van der Waals surface area contributed by atoms with Crippen LogP contribution >= 0.6 is 22.9 Å². The highest BCUT2D eigenvalue weighted by Crippen LogP contribution is 2.23. The van der Waals surface area contributed by atoms with Gasteiger partial charge in [-0.1, -0.05) is 22.8 Å². The zero-order chi connectivity index (χ0) is 18.4. The Morgan fingerprint density at radius 2 is 2.23 bits per heavy atom. The smallest absolute Gasteiger partial charge is 0.306 e. The molecule has 3 rings (SSSR count). The van der Waals surface area contributed by atoms with Crippen molar-refractivity contribution in [3.8, 4) is 16.5 Å². The second-order valence-corrected chi connectivity index (χ2v) is 6.90. The second kappa shape index (κ2) is 8.82. The molecule has 26 heavy (non-hydrogen) atoms. The van der Waals surface area contributed by atoms with Crippen molar-refractivity contribution in [2.75, 3.05) is 6.61 Å². The fourth-order valence-corrected chi connectivity index (χ4v) is 3.07. The number of carbonyl (C=O) groups is 1. The van der Waals surface area contributed by atoms with E-state index in [2.05, 4.69) is 10.1 Å². The molecule has 6 nitrogen and oxygen atoms in total. The average molecular weight is 393 g/mol. The van der Waals surface area contributed by atoms with E-state index in [1.165, 1.54) is 11.3 Å². The third kappa shape index (κ3) is 5.06. The summed E-state index contributed by atoms with van der Waals surface area (Å²) in [6.45, 7) is 2.33. The third-order valence-corrected chi connectivity index (χ3v) is 4.58. The summed E-state index contributed by atoms with van der Waals surface area (Å²) in [5.74, 6) is 1.20. The summed E-state index contributed by atoms with van der Waals surface area (Å²) in [4.78, 5) is 16.9. The van der Waals surface area contributed by atoms with E-state index in [1.807, 2.05) is 36.6 Å². The highest BCUT2D eigenvalue weighted by atomic mass is 35.5. The van der Waals surface area contributed by atoms with Crippen LogP contribution in [0.25, 0.3) is 10.8 Å². The van der Waals surface area contributed by atoms with Gasteiger partial charge in [-0.3, -0.25) is 4.79 Å². The minimum Gasteiger partial charge on any atom is -0.493 e. The maximum atomic E-state index is 11.8. The number of benzene rings is 1. The predicted molar refractivity (Wildman–Crippen MR) is 98.3 cm³/mol. The number of carbonyl (C=O) groups excluding carboxylic acids is 1. The molecule has 0 aliphatic carbocycles. The maximum absolute atomic E-state index is 11.8. The van der Waals surface area contributed by atoms with Crippen molar-refractivity contribution in [1.82, 2.24) is 10.1 Å². The predicted octanol–water partition coefficient (Wildman–Crippen LogP) is 4.66. The van der Waals surface area contributed by atoms with Crippen molar-refractivity contribution >= 4 is 28.9 Å². The van der Waals surface area contributed by atoms with Crippen LogP contribution in [0, 0.1) is 6.92 Å². The molecule has 0 spiro atoms. The average Bonchev–Trinajstić information content (AvgIpc) is 3.29. The normalized spacial score (nSPS) is 10.7. The maximum Gasteiger partial charge on any atom is 0.306 e. The van der Waals surface area contributed by atoms with Crippen molar-refractivity contribution < 1.29 is 18.8 Å². The quantitative estimate of drug-likeness (QED) is 0.410. The summed E-state index contributed by atoms with van der Waals surface area (Å²) >= 11 is 7.40. The number of hydrogen-bond donors (Lipinski definition) is 0. The largest absolute Gasteiger partial charge is 0.493 e. The zero-order valence-corrected chi connectivity index (χ0v) is 15.7. The third-order valence-electron chi connectivity index (χ3n) is 3.48. The molecular formula is C18H17ClN2O4S. The molecule has 0 unspecified atom stereocenters. The number of halogens is 1. The fourth-order valence-electron chi connectivity index (χ4n) is 2.20. The first-order valence-corrected chi connectivity index (χ1v) is 9.28. The first-order chi connectivity index (χ1) is 12.6. The van der Waals surface area contributed by atoms with Gasteiger partial charge in [0.25, 0.3) is 5.89 Å². The first-order valence-electron chi connectivity index (χ1n) is 8.03. The Bertz CT molecular complexity index is 864. The lowest BCUT2D eigenvalue weighted by Gasteiger charge is -2.09. The van der Waals surface area contributed by atoms with Gasteiger partial charge in [-0.2, -0.15) is 4.98 Å². The molecular weight excluding hydrogens is 376 g/mol. The molecule has 0 N–H and O–H groups in total. The van der Waals surface area contributed by atoms with Gasteiger partial charge in [0.2, 0.25) is 5.82 Å². The van der Waals surface area contributed by atoms with E-state index in [0.29, 0.717) is 29.8 Å². The van der Waals surface area contributed by atoms with Crippen molar-refractivity contribution in [2.24, 2.45) is 0 Å². The Balaban J connectivity index is 1.37. The van der Waals surface area contributed by atoms with E-state index < -0.39 is 0 Å². The van der Waals surface area contributed by atoms with Gasteiger partial charge in [0, 0.05) is 11.4 Å². The van der Waals surface area contributed by atoms with Crippen molar-refractivity contribution in [1.29, 1.82) is 0 Å². The highest BCUT2D eigenvalue weighted by Gasteiger charge is 2.11. The van der Waals surface area contributed by atoms with Gasteiger partial charge in [0.1, 0.15) is 5.75 Å². The van der Waals surface area contributed by atoms with E-state index in [4.69, 9.17) is 25.6 Å².